The Balaban J connectivity index is 2.01. The number of amides is 1. The summed E-state index contributed by atoms with van der Waals surface area (Å²) in [5, 5.41) is 0. The second-order valence-corrected chi connectivity index (χ2v) is 5.70. The largest absolute Gasteiger partial charge is 0.340 e. The normalized spacial score (nSPS) is 18.2. The van der Waals surface area contributed by atoms with Gasteiger partial charge in [-0.05, 0) is 38.2 Å². The number of likely N-dealkylation sites (N-methyl/N-ethyl adjacent to an activating group) is 1. The van der Waals surface area contributed by atoms with Gasteiger partial charge in [0, 0.05) is 13.6 Å². The second kappa shape index (κ2) is 4.73. The summed E-state index contributed by atoms with van der Waals surface area (Å²) in [4.78, 5) is 14.1. The van der Waals surface area contributed by atoms with E-state index in [-0.39, 0.29) is 5.91 Å². The molecule has 2 N–H and O–H groups in total. The summed E-state index contributed by atoms with van der Waals surface area (Å²) in [6, 6.07) is 8.25. The maximum Gasteiger partial charge on any atom is 0.242 e. The molecule has 18 heavy (non-hydrogen) atoms. The molecule has 1 unspecified atom stereocenters. The van der Waals surface area contributed by atoms with E-state index in [0.717, 1.165) is 18.4 Å². The van der Waals surface area contributed by atoms with Gasteiger partial charge in [-0.25, -0.2) is 0 Å². The van der Waals surface area contributed by atoms with E-state index in [4.69, 9.17) is 5.73 Å². The molecule has 1 fully saturated rings. The van der Waals surface area contributed by atoms with Crippen LogP contribution in [0.4, 0.5) is 0 Å². The van der Waals surface area contributed by atoms with Gasteiger partial charge in [0.1, 0.15) is 0 Å². The van der Waals surface area contributed by atoms with Gasteiger partial charge in [0.25, 0.3) is 0 Å². The van der Waals surface area contributed by atoms with Crippen molar-refractivity contribution in [2.45, 2.75) is 38.8 Å². The average Bonchev–Trinajstić information content (AvgIpc) is 3.15. The van der Waals surface area contributed by atoms with Crippen LogP contribution in [0.2, 0.25) is 0 Å². The molecule has 1 aromatic rings. The zero-order valence-electron chi connectivity index (χ0n) is 11.4. The van der Waals surface area contributed by atoms with Crippen LogP contribution in [0.3, 0.4) is 0 Å². The molecule has 0 saturated heterocycles. The number of carbonyl (C=O) groups excluding carboxylic acids is 1. The monoisotopic (exact) mass is 246 g/mol. The zero-order chi connectivity index (χ0) is 13.3. The van der Waals surface area contributed by atoms with Crippen LogP contribution in [0.1, 0.15) is 30.9 Å². The number of hydrogen-bond donors (Lipinski definition) is 1. The Morgan fingerprint density at radius 2 is 1.94 bits per heavy atom. The third-order valence-corrected chi connectivity index (χ3v) is 3.77. The van der Waals surface area contributed by atoms with E-state index in [2.05, 4.69) is 31.2 Å². The van der Waals surface area contributed by atoms with Crippen molar-refractivity contribution >= 4 is 5.91 Å². The van der Waals surface area contributed by atoms with Crippen molar-refractivity contribution in [3.8, 4) is 0 Å². The Labute approximate surface area is 109 Å². The summed E-state index contributed by atoms with van der Waals surface area (Å²) in [5.74, 6) is 0.413. The van der Waals surface area contributed by atoms with Crippen LogP contribution in [0, 0.1) is 12.8 Å². The minimum Gasteiger partial charge on any atom is -0.340 e. The molecule has 1 aliphatic carbocycles. The number of carbonyl (C=O) groups is 1. The topological polar surface area (TPSA) is 46.3 Å². The van der Waals surface area contributed by atoms with Gasteiger partial charge in [-0.3, -0.25) is 4.79 Å². The van der Waals surface area contributed by atoms with Gasteiger partial charge >= 0.3 is 0 Å². The first-order valence-electron chi connectivity index (χ1n) is 6.51. The SMILES string of the molecule is Cc1ccc(CN(C)C(=O)C(C)(N)C2CC2)cc1. The van der Waals surface area contributed by atoms with Gasteiger partial charge in [0.05, 0.1) is 5.54 Å². The number of nitrogens with two attached hydrogens (primary N) is 1. The molecule has 0 aromatic heterocycles. The molecule has 0 bridgehead atoms. The molecule has 1 aromatic carbocycles. The molecule has 2 rings (SSSR count). The van der Waals surface area contributed by atoms with Gasteiger partial charge in [0.15, 0.2) is 0 Å². The van der Waals surface area contributed by atoms with Crippen molar-refractivity contribution in [2.75, 3.05) is 7.05 Å². The Hall–Kier alpha value is -1.35. The molecular formula is C15H22N2O. The standard InChI is InChI=1S/C15H22N2O/c1-11-4-6-12(7-5-11)10-17(3)14(18)15(2,16)13-8-9-13/h4-7,13H,8-10,16H2,1-3H3. The lowest BCUT2D eigenvalue weighted by atomic mass is 9.95. The van der Waals surface area contributed by atoms with Crippen molar-refractivity contribution in [1.29, 1.82) is 0 Å². The summed E-state index contributed by atoms with van der Waals surface area (Å²) >= 11 is 0. The number of nitrogens with zero attached hydrogens (tertiary/aromatic N) is 1. The molecule has 0 spiro atoms. The number of hydrogen-bond acceptors (Lipinski definition) is 2. The van der Waals surface area contributed by atoms with Crippen LogP contribution in [0.25, 0.3) is 0 Å². The summed E-state index contributed by atoms with van der Waals surface area (Å²) in [7, 11) is 1.83. The van der Waals surface area contributed by atoms with Crippen molar-refractivity contribution in [1.82, 2.24) is 4.90 Å². The lowest BCUT2D eigenvalue weighted by molar-refractivity contribution is -0.136. The first kappa shape index (κ1) is 13.1. The van der Waals surface area contributed by atoms with Gasteiger partial charge in [-0.15, -0.1) is 0 Å². The minimum atomic E-state index is -0.695. The quantitative estimate of drug-likeness (QED) is 0.884. The number of aryl methyl sites for hydroxylation is 1. The van der Waals surface area contributed by atoms with Gasteiger partial charge in [0.2, 0.25) is 5.91 Å². The highest BCUT2D eigenvalue weighted by Crippen LogP contribution is 2.38. The average molecular weight is 246 g/mol. The molecular weight excluding hydrogens is 224 g/mol. The van der Waals surface area contributed by atoms with E-state index in [0.29, 0.717) is 12.5 Å². The van der Waals surface area contributed by atoms with E-state index < -0.39 is 5.54 Å². The first-order chi connectivity index (χ1) is 8.41. The Kier molecular flexibility index (Phi) is 3.44. The third kappa shape index (κ3) is 2.72. The lowest BCUT2D eigenvalue weighted by Gasteiger charge is -2.29. The van der Waals surface area contributed by atoms with E-state index >= 15 is 0 Å². The highest BCUT2D eigenvalue weighted by molar-refractivity contribution is 5.86. The van der Waals surface area contributed by atoms with Crippen LogP contribution in [0.5, 0.6) is 0 Å². The highest BCUT2D eigenvalue weighted by atomic mass is 16.2. The van der Waals surface area contributed by atoms with Crippen molar-refractivity contribution in [2.24, 2.45) is 11.7 Å². The molecule has 3 heteroatoms. The fraction of sp³-hybridized carbons (Fsp3) is 0.533. The molecule has 0 aliphatic heterocycles. The Morgan fingerprint density at radius 3 is 2.44 bits per heavy atom. The van der Waals surface area contributed by atoms with E-state index in [9.17, 15) is 4.79 Å². The molecule has 98 valence electrons. The van der Waals surface area contributed by atoms with Crippen molar-refractivity contribution in [3.05, 3.63) is 35.4 Å². The molecule has 0 heterocycles. The number of benzene rings is 1. The summed E-state index contributed by atoms with van der Waals surface area (Å²) < 4.78 is 0. The van der Waals surface area contributed by atoms with Crippen LogP contribution in [-0.2, 0) is 11.3 Å². The highest BCUT2D eigenvalue weighted by Gasteiger charge is 2.45. The van der Waals surface area contributed by atoms with Crippen LogP contribution in [-0.4, -0.2) is 23.4 Å². The molecule has 3 nitrogen and oxygen atoms in total. The third-order valence-electron chi connectivity index (χ3n) is 3.77. The van der Waals surface area contributed by atoms with Gasteiger partial charge in [-0.2, -0.15) is 0 Å². The summed E-state index contributed by atoms with van der Waals surface area (Å²) in [6.45, 7) is 4.54. The maximum absolute atomic E-state index is 12.3. The van der Waals surface area contributed by atoms with Crippen molar-refractivity contribution in [3.63, 3.8) is 0 Å². The molecule has 1 aliphatic rings. The smallest absolute Gasteiger partial charge is 0.242 e. The van der Waals surface area contributed by atoms with Gasteiger partial charge in [-0.1, -0.05) is 29.8 Å². The van der Waals surface area contributed by atoms with E-state index in [1.54, 1.807) is 4.90 Å². The fourth-order valence-corrected chi connectivity index (χ4v) is 2.31. The maximum atomic E-state index is 12.3. The van der Waals surface area contributed by atoms with Crippen molar-refractivity contribution < 1.29 is 4.79 Å². The zero-order valence-corrected chi connectivity index (χ0v) is 11.4. The van der Waals surface area contributed by atoms with Crippen LogP contribution < -0.4 is 5.73 Å². The lowest BCUT2D eigenvalue weighted by Crippen LogP contribution is -2.53. The Bertz CT molecular complexity index is 432. The van der Waals surface area contributed by atoms with Gasteiger partial charge < -0.3 is 10.6 Å². The minimum absolute atomic E-state index is 0.0468. The van der Waals surface area contributed by atoms with Crippen LogP contribution in [0.15, 0.2) is 24.3 Å². The second-order valence-electron chi connectivity index (χ2n) is 5.70. The first-order valence-corrected chi connectivity index (χ1v) is 6.51. The summed E-state index contributed by atoms with van der Waals surface area (Å²) in [6.07, 6.45) is 2.16. The molecule has 0 radical (unpaired) electrons. The fourth-order valence-electron chi connectivity index (χ4n) is 2.31. The summed E-state index contributed by atoms with van der Waals surface area (Å²) in [5.41, 5.74) is 7.83. The number of rotatable bonds is 4. The molecule has 1 amide bonds. The van der Waals surface area contributed by atoms with E-state index in [1.807, 2.05) is 14.0 Å². The molecule has 1 atom stereocenters. The Morgan fingerprint density at radius 1 is 1.39 bits per heavy atom. The predicted molar refractivity (Wildman–Crippen MR) is 73.0 cm³/mol. The van der Waals surface area contributed by atoms with Crippen LogP contribution >= 0.6 is 0 Å². The predicted octanol–water partition coefficient (Wildman–Crippen LogP) is 2.08. The van der Waals surface area contributed by atoms with E-state index in [1.165, 1.54) is 5.56 Å². The molecule has 1 saturated carbocycles.